The monoisotopic (exact) mass is 388 g/mol. The lowest BCUT2D eigenvalue weighted by molar-refractivity contribution is -0.118. The van der Waals surface area contributed by atoms with Gasteiger partial charge in [0, 0.05) is 7.05 Å². The van der Waals surface area contributed by atoms with Gasteiger partial charge in [0.15, 0.2) is 0 Å². The Balaban J connectivity index is 1.85. The minimum atomic E-state index is -3.77. The molecule has 0 atom stereocenters. The number of carbonyl (C=O) groups is 1. The molecule has 7 heteroatoms. The van der Waals surface area contributed by atoms with Crippen LogP contribution in [0.4, 0.5) is 5.69 Å². The molecule has 0 spiro atoms. The summed E-state index contributed by atoms with van der Waals surface area (Å²) < 4.78 is 32.8. The summed E-state index contributed by atoms with van der Waals surface area (Å²) in [5, 5.41) is 0. The van der Waals surface area contributed by atoms with E-state index in [1.807, 2.05) is 31.2 Å². The van der Waals surface area contributed by atoms with Crippen LogP contribution in [0.1, 0.15) is 16.7 Å². The molecule has 3 rings (SSSR count). The number of anilines is 1. The molecule has 144 valence electrons. The van der Waals surface area contributed by atoms with Crippen molar-refractivity contribution in [2.45, 2.75) is 25.7 Å². The number of carbonyl (C=O) groups excluding carboxylic acids is 1. The Morgan fingerprint density at radius 3 is 2.44 bits per heavy atom. The zero-order chi connectivity index (χ0) is 19.8. The van der Waals surface area contributed by atoms with Gasteiger partial charge in [-0.05, 0) is 44.0 Å². The largest absolute Gasteiger partial charge is 0.490 e. The van der Waals surface area contributed by atoms with Crippen LogP contribution in [0.5, 0.6) is 5.75 Å². The minimum Gasteiger partial charge on any atom is -0.490 e. The van der Waals surface area contributed by atoms with Crippen LogP contribution >= 0.6 is 0 Å². The molecule has 1 heterocycles. The lowest BCUT2D eigenvalue weighted by Crippen LogP contribution is -2.44. The van der Waals surface area contributed by atoms with Crippen molar-refractivity contribution in [2.75, 3.05) is 31.6 Å². The SMILES string of the molecule is Cc1cc(C)c(S(=O)(=O)N(C)CC(=O)N2CCOc3ccccc32)c(C)c1. The smallest absolute Gasteiger partial charge is 0.243 e. The maximum Gasteiger partial charge on any atom is 0.243 e. The third-order valence-electron chi connectivity index (χ3n) is 4.66. The fourth-order valence-electron chi connectivity index (χ4n) is 3.52. The number of rotatable bonds is 4. The van der Waals surface area contributed by atoms with Crippen LogP contribution in [0, 0.1) is 20.8 Å². The number of ether oxygens (including phenoxy) is 1. The predicted molar refractivity (Wildman–Crippen MR) is 105 cm³/mol. The molecule has 1 aliphatic heterocycles. The first-order chi connectivity index (χ1) is 12.7. The van der Waals surface area contributed by atoms with Crippen molar-refractivity contribution in [2.24, 2.45) is 0 Å². The van der Waals surface area contributed by atoms with Gasteiger partial charge in [-0.15, -0.1) is 0 Å². The van der Waals surface area contributed by atoms with Gasteiger partial charge in [0.1, 0.15) is 12.4 Å². The second kappa shape index (κ2) is 7.32. The molecule has 1 amide bonds. The fourth-order valence-corrected chi connectivity index (χ4v) is 5.04. The van der Waals surface area contributed by atoms with Gasteiger partial charge in [0.25, 0.3) is 0 Å². The van der Waals surface area contributed by atoms with Gasteiger partial charge in [0.05, 0.1) is 23.7 Å². The van der Waals surface area contributed by atoms with Crippen LogP contribution in [-0.2, 0) is 14.8 Å². The van der Waals surface area contributed by atoms with Crippen molar-refractivity contribution in [3.8, 4) is 5.75 Å². The molecule has 0 saturated carbocycles. The maximum atomic E-state index is 13.1. The van der Waals surface area contributed by atoms with Crippen LogP contribution in [0.25, 0.3) is 0 Å². The highest BCUT2D eigenvalue weighted by atomic mass is 32.2. The van der Waals surface area contributed by atoms with Gasteiger partial charge < -0.3 is 9.64 Å². The van der Waals surface area contributed by atoms with Crippen molar-refractivity contribution >= 4 is 21.6 Å². The van der Waals surface area contributed by atoms with Crippen LogP contribution in [0.2, 0.25) is 0 Å². The fraction of sp³-hybridized carbons (Fsp3) is 0.350. The molecule has 0 aliphatic carbocycles. The number of amides is 1. The third-order valence-corrected chi connectivity index (χ3v) is 6.77. The molecule has 0 bridgehead atoms. The summed E-state index contributed by atoms with van der Waals surface area (Å²) in [6.45, 7) is 6.03. The van der Waals surface area contributed by atoms with E-state index in [9.17, 15) is 13.2 Å². The van der Waals surface area contributed by atoms with Crippen LogP contribution in [-0.4, -0.2) is 45.4 Å². The first-order valence-electron chi connectivity index (χ1n) is 8.78. The molecule has 0 unspecified atom stereocenters. The summed E-state index contributed by atoms with van der Waals surface area (Å²) in [6.07, 6.45) is 0. The van der Waals surface area contributed by atoms with Gasteiger partial charge in [-0.25, -0.2) is 8.42 Å². The van der Waals surface area contributed by atoms with Gasteiger partial charge >= 0.3 is 0 Å². The highest BCUT2D eigenvalue weighted by Crippen LogP contribution is 2.31. The standard InChI is InChI=1S/C20H24N2O4S/c1-14-11-15(2)20(16(3)12-14)27(24,25)21(4)13-19(23)22-9-10-26-18-8-6-5-7-17(18)22/h5-8,11-12H,9-10,13H2,1-4H3. The van der Waals surface area contributed by atoms with E-state index in [0.717, 1.165) is 9.87 Å². The number of benzene rings is 2. The molecule has 27 heavy (non-hydrogen) atoms. The van der Waals surface area contributed by atoms with E-state index in [2.05, 4.69) is 0 Å². The average Bonchev–Trinajstić information content (AvgIpc) is 2.59. The maximum absolute atomic E-state index is 13.1. The highest BCUT2D eigenvalue weighted by molar-refractivity contribution is 7.89. The number of sulfonamides is 1. The Morgan fingerprint density at radius 2 is 1.78 bits per heavy atom. The van der Waals surface area contributed by atoms with E-state index in [1.54, 1.807) is 30.9 Å². The topological polar surface area (TPSA) is 66.9 Å². The second-order valence-corrected chi connectivity index (χ2v) is 8.83. The zero-order valence-corrected chi connectivity index (χ0v) is 16.8. The molecular weight excluding hydrogens is 364 g/mol. The molecule has 1 aliphatic rings. The van der Waals surface area contributed by atoms with E-state index in [-0.39, 0.29) is 17.3 Å². The number of para-hydroxylation sites is 2. The van der Waals surface area contributed by atoms with E-state index in [0.29, 0.717) is 35.7 Å². The summed E-state index contributed by atoms with van der Waals surface area (Å²) >= 11 is 0. The van der Waals surface area contributed by atoms with Crippen molar-refractivity contribution in [3.63, 3.8) is 0 Å². The molecule has 2 aromatic rings. The number of aryl methyl sites for hydroxylation is 3. The molecular formula is C20H24N2O4S. The summed E-state index contributed by atoms with van der Waals surface area (Å²) in [4.78, 5) is 14.7. The Labute approximate surface area is 160 Å². The number of nitrogens with zero attached hydrogens (tertiary/aromatic N) is 2. The average molecular weight is 388 g/mol. The first kappa shape index (κ1) is 19.4. The molecule has 0 radical (unpaired) electrons. The number of hydrogen-bond donors (Lipinski definition) is 0. The van der Waals surface area contributed by atoms with E-state index in [4.69, 9.17) is 4.74 Å². The van der Waals surface area contributed by atoms with Gasteiger partial charge in [-0.1, -0.05) is 29.8 Å². The van der Waals surface area contributed by atoms with Crippen molar-refractivity contribution < 1.29 is 17.9 Å². The molecule has 6 nitrogen and oxygen atoms in total. The zero-order valence-electron chi connectivity index (χ0n) is 16.0. The van der Waals surface area contributed by atoms with Crippen LogP contribution < -0.4 is 9.64 Å². The third kappa shape index (κ3) is 3.70. The van der Waals surface area contributed by atoms with Gasteiger partial charge in [-0.2, -0.15) is 4.31 Å². The van der Waals surface area contributed by atoms with Gasteiger partial charge in [-0.3, -0.25) is 4.79 Å². The predicted octanol–water partition coefficient (Wildman–Crippen LogP) is 2.66. The molecule has 0 saturated heterocycles. The number of likely N-dealkylation sites (N-methyl/N-ethyl adjacent to an activating group) is 1. The number of fused-ring (bicyclic) bond motifs is 1. The molecule has 0 N–H and O–H groups in total. The minimum absolute atomic E-state index is 0.233. The highest BCUT2D eigenvalue weighted by Gasteiger charge is 2.30. The Bertz CT molecular complexity index is 962. The Kier molecular flexibility index (Phi) is 5.26. The molecule has 2 aromatic carbocycles. The van der Waals surface area contributed by atoms with Gasteiger partial charge in [0.2, 0.25) is 15.9 Å². The Morgan fingerprint density at radius 1 is 1.15 bits per heavy atom. The van der Waals surface area contributed by atoms with Crippen molar-refractivity contribution in [1.29, 1.82) is 0 Å². The first-order valence-corrected chi connectivity index (χ1v) is 10.2. The summed E-state index contributed by atoms with van der Waals surface area (Å²) in [7, 11) is -2.33. The van der Waals surface area contributed by atoms with Crippen LogP contribution in [0.3, 0.4) is 0 Å². The van der Waals surface area contributed by atoms with Crippen molar-refractivity contribution in [1.82, 2.24) is 4.31 Å². The summed E-state index contributed by atoms with van der Waals surface area (Å²) in [6, 6.07) is 10.9. The normalized spacial score (nSPS) is 14.0. The Hall–Kier alpha value is -2.38. The van der Waals surface area contributed by atoms with Crippen molar-refractivity contribution in [3.05, 3.63) is 53.1 Å². The van der Waals surface area contributed by atoms with E-state index >= 15 is 0 Å². The van der Waals surface area contributed by atoms with E-state index < -0.39 is 10.0 Å². The summed E-state index contributed by atoms with van der Waals surface area (Å²) in [5.41, 5.74) is 3.04. The number of hydrogen-bond acceptors (Lipinski definition) is 4. The van der Waals surface area contributed by atoms with Crippen LogP contribution in [0.15, 0.2) is 41.3 Å². The lowest BCUT2D eigenvalue weighted by atomic mass is 10.1. The quantitative estimate of drug-likeness (QED) is 0.808. The summed E-state index contributed by atoms with van der Waals surface area (Å²) in [5.74, 6) is 0.354. The lowest BCUT2D eigenvalue weighted by Gasteiger charge is -2.30. The molecule has 0 fully saturated rings. The second-order valence-electron chi connectivity index (χ2n) is 6.85. The van der Waals surface area contributed by atoms with E-state index in [1.165, 1.54) is 7.05 Å². The molecule has 0 aromatic heterocycles.